The van der Waals surface area contributed by atoms with Crippen molar-refractivity contribution in [2.24, 2.45) is 11.8 Å². The number of nitrogens with zero attached hydrogens (tertiary/aromatic N) is 1. The van der Waals surface area contributed by atoms with Gasteiger partial charge in [-0.25, -0.2) is 0 Å². The van der Waals surface area contributed by atoms with Gasteiger partial charge in [0.25, 0.3) is 0 Å². The van der Waals surface area contributed by atoms with Crippen LogP contribution in [0, 0.1) is 11.8 Å². The molecule has 0 aromatic carbocycles. The Morgan fingerprint density at radius 3 is 2.83 bits per heavy atom. The minimum atomic E-state index is -0.771. The Morgan fingerprint density at radius 1 is 1.33 bits per heavy atom. The molecule has 2 fully saturated rings. The highest BCUT2D eigenvalue weighted by Gasteiger charge is 2.28. The molecule has 2 heterocycles. The number of carboxylic acids is 1. The summed E-state index contributed by atoms with van der Waals surface area (Å²) in [7, 11) is 0. The van der Waals surface area contributed by atoms with E-state index in [0.29, 0.717) is 25.3 Å². The van der Waals surface area contributed by atoms with Crippen molar-refractivity contribution >= 4 is 11.9 Å². The van der Waals surface area contributed by atoms with Crippen molar-refractivity contribution in [1.82, 2.24) is 10.2 Å². The first-order valence-electron chi connectivity index (χ1n) is 6.88. The second-order valence-electron chi connectivity index (χ2n) is 5.41. The van der Waals surface area contributed by atoms with Crippen LogP contribution in [0.3, 0.4) is 0 Å². The summed E-state index contributed by atoms with van der Waals surface area (Å²) in [5, 5.41) is 12.3. The van der Waals surface area contributed by atoms with E-state index in [4.69, 9.17) is 5.11 Å². The number of amides is 1. The van der Waals surface area contributed by atoms with Gasteiger partial charge in [0.2, 0.25) is 5.91 Å². The monoisotopic (exact) mass is 254 g/mol. The van der Waals surface area contributed by atoms with E-state index >= 15 is 0 Å². The van der Waals surface area contributed by atoms with Gasteiger partial charge in [0, 0.05) is 19.5 Å². The molecule has 0 bridgehead atoms. The summed E-state index contributed by atoms with van der Waals surface area (Å²) in [4.78, 5) is 24.7. The predicted octanol–water partition coefficient (Wildman–Crippen LogP) is 0.699. The van der Waals surface area contributed by atoms with Crippen LogP contribution in [0.15, 0.2) is 0 Å². The van der Waals surface area contributed by atoms with Gasteiger partial charge in [-0.15, -0.1) is 0 Å². The van der Waals surface area contributed by atoms with Crippen molar-refractivity contribution < 1.29 is 14.7 Å². The number of hydrogen-bond acceptors (Lipinski definition) is 3. The van der Waals surface area contributed by atoms with Gasteiger partial charge in [-0.05, 0) is 44.7 Å². The lowest BCUT2D eigenvalue weighted by molar-refractivity contribution is -0.145. The van der Waals surface area contributed by atoms with Crippen LogP contribution in [0.5, 0.6) is 0 Å². The molecule has 2 rings (SSSR count). The van der Waals surface area contributed by atoms with Gasteiger partial charge in [0.15, 0.2) is 0 Å². The topological polar surface area (TPSA) is 69.6 Å². The van der Waals surface area contributed by atoms with Crippen LogP contribution in [-0.4, -0.2) is 48.1 Å². The molecule has 1 amide bonds. The average molecular weight is 254 g/mol. The predicted molar refractivity (Wildman–Crippen MR) is 67.2 cm³/mol. The summed E-state index contributed by atoms with van der Waals surface area (Å²) < 4.78 is 0. The van der Waals surface area contributed by atoms with E-state index in [2.05, 4.69) is 5.32 Å². The van der Waals surface area contributed by atoms with Crippen molar-refractivity contribution in [3.8, 4) is 0 Å². The lowest BCUT2D eigenvalue weighted by atomic mass is 9.97. The van der Waals surface area contributed by atoms with Gasteiger partial charge in [0.05, 0.1) is 5.92 Å². The van der Waals surface area contributed by atoms with E-state index in [1.165, 1.54) is 0 Å². The van der Waals surface area contributed by atoms with Gasteiger partial charge in [-0.1, -0.05) is 0 Å². The molecule has 18 heavy (non-hydrogen) atoms. The zero-order chi connectivity index (χ0) is 13.0. The second-order valence-corrected chi connectivity index (χ2v) is 5.41. The number of piperidine rings is 1. The summed E-state index contributed by atoms with van der Waals surface area (Å²) in [5.41, 5.74) is 0. The van der Waals surface area contributed by atoms with Gasteiger partial charge in [-0.2, -0.15) is 0 Å². The molecule has 2 aliphatic heterocycles. The normalized spacial score (nSPS) is 28.3. The van der Waals surface area contributed by atoms with Crippen molar-refractivity contribution in [2.75, 3.05) is 26.2 Å². The van der Waals surface area contributed by atoms with E-state index < -0.39 is 5.97 Å². The summed E-state index contributed by atoms with van der Waals surface area (Å²) in [6.45, 7) is 3.21. The Bertz CT molecular complexity index is 313. The van der Waals surface area contributed by atoms with Crippen LogP contribution in [0.1, 0.15) is 32.1 Å². The molecule has 2 atom stereocenters. The van der Waals surface area contributed by atoms with Crippen molar-refractivity contribution in [1.29, 1.82) is 0 Å². The molecule has 2 N–H and O–H groups in total. The molecule has 102 valence electrons. The number of aliphatic carboxylic acids is 1. The van der Waals surface area contributed by atoms with Crippen molar-refractivity contribution in [3.63, 3.8) is 0 Å². The number of nitrogens with one attached hydrogen (secondary N) is 1. The molecule has 0 aliphatic carbocycles. The van der Waals surface area contributed by atoms with Gasteiger partial charge < -0.3 is 15.3 Å². The summed E-state index contributed by atoms with van der Waals surface area (Å²) >= 11 is 0. The standard InChI is InChI=1S/C13H22N2O3/c16-12(4-3-10-5-6-14-8-10)15-7-1-2-11(9-15)13(17)18/h10-11,14H,1-9H2,(H,17,18)/t10?,11-/m1/s1. The number of carboxylic acid groups (broad SMARTS) is 1. The molecule has 0 radical (unpaired) electrons. The Balaban J connectivity index is 1.75. The van der Waals surface area contributed by atoms with Gasteiger partial charge in [0.1, 0.15) is 0 Å². The Kier molecular flexibility index (Phi) is 4.58. The first-order chi connectivity index (χ1) is 8.66. The molecule has 2 aliphatic rings. The van der Waals surface area contributed by atoms with Crippen LogP contribution in [0.4, 0.5) is 0 Å². The first-order valence-corrected chi connectivity index (χ1v) is 6.88. The largest absolute Gasteiger partial charge is 0.481 e. The zero-order valence-electron chi connectivity index (χ0n) is 10.7. The molecule has 0 aromatic heterocycles. The minimum Gasteiger partial charge on any atom is -0.481 e. The first kappa shape index (κ1) is 13.3. The maximum Gasteiger partial charge on any atom is 0.308 e. The van der Waals surface area contributed by atoms with Crippen LogP contribution in [0.25, 0.3) is 0 Å². The Labute approximate surface area is 108 Å². The SMILES string of the molecule is O=C(O)[C@@H]1CCCN(C(=O)CCC2CCNC2)C1. The fourth-order valence-corrected chi connectivity index (χ4v) is 2.85. The molecule has 0 saturated carbocycles. The molecule has 0 spiro atoms. The highest BCUT2D eigenvalue weighted by atomic mass is 16.4. The summed E-state index contributed by atoms with van der Waals surface area (Å²) in [6, 6.07) is 0. The maximum absolute atomic E-state index is 12.0. The highest BCUT2D eigenvalue weighted by molar-refractivity contribution is 5.78. The lowest BCUT2D eigenvalue weighted by Gasteiger charge is -2.31. The Morgan fingerprint density at radius 2 is 2.17 bits per heavy atom. The molecule has 0 aromatic rings. The van der Waals surface area contributed by atoms with E-state index in [1.807, 2.05) is 0 Å². The lowest BCUT2D eigenvalue weighted by Crippen LogP contribution is -2.42. The van der Waals surface area contributed by atoms with Crippen LogP contribution >= 0.6 is 0 Å². The fourth-order valence-electron chi connectivity index (χ4n) is 2.85. The number of likely N-dealkylation sites (tertiary alicyclic amines) is 1. The number of hydrogen-bond donors (Lipinski definition) is 2. The maximum atomic E-state index is 12.0. The summed E-state index contributed by atoms with van der Waals surface area (Å²) in [5.74, 6) is -0.384. The third-order valence-electron chi connectivity index (χ3n) is 4.05. The van der Waals surface area contributed by atoms with E-state index in [-0.39, 0.29) is 11.8 Å². The van der Waals surface area contributed by atoms with Crippen LogP contribution in [-0.2, 0) is 9.59 Å². The molecule has 5 heteroatoms. The zero-order valence-corrected chi connectivity index (χ0v) is 10.7. The van der Waals surface area contributed by atoms with Crippen LogP contribution < -0.4 is 5.32 Å². The van der Waals surface area contributed by atoms with Crippen LogP contribution in [0.2, 0.25) is 0 Å². The molecular weight excluding hydrogens is 232 g/mol. The average Bonchev–Trinajstić information content (AvgIpc) is 2.89. The quantitative estimate of drug-likeness (QED) is 0.775. The van der Waals surface area contributed by atoms with Crippen molar-refractivity contribution in [2.45, 2.75) is 32.1 Å². The van der Waals surface area contributed by atoms with Gasteiger partial charge >= 0.3 is 5.97 Å². The number of carbonyl (C=O) groups is 2. The van der Waals surface area contributed by atoms with E-state index in [9.17, 15) is 9.59 Å². The molecule has 1 unspecified atom stereocenters. The third-order valence-corrected chi connectivity index (χ3v) is 4.05. The highest BCUT2D eigenvalue weighted by Crippen LogP contribution is 2.20. The molecular formula is C13H22N2O3. The van der Waals surface area contributed by atoms with E-state index in [0.717, 1.165) is 38.9 Å². The van der Waals surface area contributed by atoms with Gasteiger partial charge in [-0.3, -0.25) is 9.59 Å². The molecule has 2 saturated heterocycles. The number of rotatable bonds is 4. The summed E-state index contributed by atoms with van der Waals surface area (Å²) in [6.07, 6.45) is 4.17. The Hall–Kier alpha value is -1.10. The second kappa shape index (κ2) is 6.18. The number of carbonyl (C=O) groups excluding carboxylic acids is 1. The van der Waals surface area contributed by atoms with E-state index in [1.54, 1.807) is 4.90 Å². The minimum absolute atomic E-state index is 0.132. The fraction of sp³-hybridized carbons (Fsp3) is 0.846. The molecule has 5 nitrogen and oxygen atoms in total. The smallest absolute Gasteiger partial charge is 0.308 e. The van der Waals surface area contributed by atoms with Crippen molar-refractivity contribution in [3.05, 3.63) is 0 Å². The third kappa shape index (κ3) is 3.45.